The number of rotatable bonds is 4. The standard InChI is InChI=1S/C16H19FN2O/c1-11(18)14-8-5-9-15(17)16(14)19(2)12-6-4-7-13(10-12)20-3/h4-11H,18H2,1-3H3/t11-/m1/s1. The van der Waals surface area contributed by atoms with Crippen LogP contribution < -0.4 is 15.4 Å². The van der Waals surface area contributed by atoms with Crippen LogP contribution in [0, 0.1) is 5.82 Å². The van der Waals surface area contributed by atoms with Gasteiger partial charge in [0.15, 0.2) is 0 Å². The Morgan fingerprint density at radius 2 is 1.90 bits per heavy atom. The van der Waals surface area contributed by atoms with E-state index in [0.717, 1.165) is 17.0 Å². The van der Waals surface area contributed by atoms with Crippen LogP contribution in [-0.2, 0) is 0 Å². The zero-order chi connectivity index (χ0) is 14.7. The molecule has 2 aromatic carbocycles. The van der Waals surface area contributed by atoms with E-state index < -0.39 is 0 Å². The Bertz CT molecular complexity index is 599. The molecule has 0 bridgehead atoms. The average molecular weight is 274 g/mol. The number of nitrogens with two attached hydrogens (primary N) is 1. The number of halogens is 1. The topological polar surface area (TPSA) is 38.5 Å². The molecule has 0 aliphatic heterocycles. The summed E-state index contributed by atoms with van der Waals surface area (Å²) in [6, 6.07) is 12.2. The van der Waals surface area contributed by atoms with Crippen molar-refractivity contribution in [2.75, 3.05) is 19.1 Å². The van der Waals surface area contributed by atoms with Crippen molar-refractivity contribution in [3.63, 3.8) is 0 Å². The third kappa shape index (κ3) is 2.75. The molecule has 3 nitrogen and oxygen atoms in total. The van der Waals surface area contributed by atoms with Crippen LogP contribution in [0.1, 0.15) is 18.5 Å². The third-order valence-electron chi connectivity index (χ3n) is 3.28. The van der Waals surface area contributed by atoms with Crippen LogP contribution in [0.5, 0.6) is 5.75 Å². The maximum Gasteiger partial charge on any atom is 0.147 e. The van der Waals surface area contributed by atoms with Crippen LogP contribution in [-0.4, -0.2) is 14.2 Å². The van der Waals surface area contributed by atoms with Gasteiger partial charge in [0.25, 0.3) is 0 Å². The SMILES string of the molecule is COc1cccc(N(C)c2c(F)cccc2[C@@H](C)N)c1. The fourth-order valence-corrected chi connectivity index (χ4v) is 2.20. The molecule has 0 saturated heterocycles. The Morgan fingerprint density at radius 1 is 1.20 bits per heavy atom. The van der Waals surface area contributed by atoms with Crippen molar-refractivity contribution >= 4 is 11.4 Å². The first-order valence-electron chi connectivity index (χ1n) is 6.46. The first kappa shape index (κ1) is 14.3. The lowest BCUT2D eigenvalue weighted by Gasteiger charge is -2.25. The van der Waals surface area contributed by atoms with Gasteiger partial charge in [-0.2, -0.15) is 0 Å². The van der Waals surface area contributed by atoms with Crippen molar-refractivity contribution in [1.29, 1.82) is 0 Å². The molecule has 0 radical (unpaired) electrons. The maximum atomic E-state index is 14.2. The van der Waals surface area contributed by atoms with Crippen LogP contribution in [0.3, 0.4) is 0 Å². The van der Waals surface area contributed by atoms with Crippen LogP contribution in [0.25, 0.3) is 0 Å². The van der Waals surface area contributed by atoms with Crippen LogP contribution in [0.15, 0.2) is 42.5 Å². The zero-order valence-corrected chi connectivity index (χ0v) is 11.9. The molecule has 2 rings (SSSR count). The summed E-state index contributed by atoms with van der Waals surface area (Å²) in [7, 11) is 3.43. The maximum absolute atomic E-state index is 14.2. The van der Waals surface area contributed by atoms with Crippen LogP contribution in [0.4, 0.5) is 15.8 Å². The molecule has 0 amide bonds. The molecule has 2 aromatic rings. The minimum Gasteiger partial charge on any atom is -0.497 e. The van der Waals surface area contributed by atoms with Gasteiger partial charge in [0.1, 0.15) is 11.6 Å². The zero-order valence-electron chi connectivity index (χ0n) is 11.9. The Morgan fingerprint density at radius 3 is 2.55 bits per heavy atom. The smallest absolute Gasteiger partial charge is 0.147 e. The van der Waals surface area contributed by atoms with Crippen molar-refractivity contribution in [3.8, 4) is 5.75 Å². The highest BCUT2D eigenvalue weighted by Gasteiger charge is 2.16. The molecule has 0 spiro atoms. The fraction of sp³-hybridized carbons (Fsp3) is 0.250. The molecular weight excluding hydrogens is 255 g/mol. The van der Waals surface area contributed by atoms with Gasteiger partial charge in [-0.25, -0.2) is 4.39 Å². The van der Waals surface area contributed by atoms with E-state index >= 15 is 0 Å². The molecule has 20 heavy (non-hydrogen) atoms. The monoisotopic (exact) mass is 274 g/mol. The number of anilines is 2. The minimum atomic E-state index is -0.287. The van der Waals surface area contributed by atoms with Crippen LogP contribution in [0.2, 0.25) is 0 Å². The molecule has 0 aliphatic rings. The third-order valence-corrected chi connectivity index (χ3v) is 3.28. The second kappa shape index (κ2) is 5.92. The molecule has 0 saturated carbocycles. The lowest BCUT2D eigenvalue weighted by atomic mass is 10.0. The summed E-state index contributed by atoms with van der Waals surface area (Å²) in [6.07, 6.45) is 0. The molecule has 1 atom stereocenters. The van der Waals surface area contributed by atoms with E-state index in [9.17, 15) is 4.39 Å². The summed E-state index contributed by atoms with van der Waals surface area (Å²) in [4.78, 5) is 1.79. The van der Waals surface area contributed by atoms with Gasteiger partial charge in [-0.05, 0) is 30.7 Å². The van der Waals surface area contributed by atoms with Gasteiger partial charge in [-0.15, -0.1) is 0 Å². The van der Waals surface area contributed by atoms with Gasteiger partial charge in [-0.1, -0.05) is 18.2 Å². The molecule has 0 unspecified atom stereocenters. The largest absolute Gasteiger partial charge is 0.497 e. The van der Waals surface area contributed by atoms with Crippen molar-refractivity contribution in [2.45, 2.75) is 13.0 Å². The van der Waals surface area contributed by atoms with Crippen molar-refractivity contribution in [3.05, 3.63) is 53.8 Å². The molecule has 0 fully saturated rings. The van der Waals surface area contributed by atoms with E-state index in [1.165, 1.54) is 6.07 Å². The van der Waals surface area contributed by atoms with E-state index in [0.29, 0.717) is 5.69 Å². The molecule has 2 N–H and O–H groups in total. The van der Waals surface area contributed by atoms with Gasteiger partial charge >= 0.3 is 0 Å². The molecule has 0 aromatic heterocycles. The number of benzene rings is 2. The molecule has 106 valence electrons. The van der Waals surface area contributed by atoms with Gasteiger partial charge in [0, 0.05) is 24.8 Å². The van der Waals surface area contributed by atoms with E-state index in [1.54, 1.807) is 18.1 Å². The average Bonchev–Trinajstić information content (AvgIpc) is 2.46. The predicted molar refractivity (Wildman–Crippen MR) is 80.1 cm³/mol. The predicted octanol–water partition coefficient (Wildman–Crippen LogP) is 3.62. The second-order valence-electron chi connectivity index (χ2n) is 4.73. The summed E-state index contributed by atoms with van der Waals surface area (Å²) in [6.45, 7) is 1.84. The van der Waals surface area contributed by atoms with Gasteiger partial charge in [-0.3, -0.25) is 0 Å². The summed E-state index contributed by atoms with van der Waals surface area (Å²) < 4.78 is 19.4. The Labute approximate surface area is 118 Å². The number of ether oxygens (including phenoxy) is 1. The number of para-hydroxylation sites is 1. The summed E-state index contributed by atoms with van der Waals surface area (Å²) in [5.41, 5.74) is 8.05. The second-order valence-corrected chi connectivity index (χ2v) is 4.73. The molecular formula is C16H19FN2O. The fourth-order valence-electron chi connectivity index (χ4n) is 2.20. The highest BCUT2D eigenvalue weighted by molar-refractivity contribution is 5.68. The van der Waals surface area contributed by atoms with Gasteiger partial charge in [0.05, 0.1) is 12.8 Å². The number of methoxy groups -OCH3 is 1. The first-order chi connectivity index (χ1) is 9.54. The summed E-state index contributed by atoms with van der Waals surface area (Å²) in [5, 5.41) is 0. The van der Waals surface area contributed by atoms with Crippen molar-refractivity contribution in [2.24, 2.45) is 5.73 Å². The number of hydrogen-bond acceptors (Lipinski definition) is 3. The quantitative estimate of drug-likeness (QED) is 0.925. The van der Waals surface area contributed by atoms with Crippen molar-refractivity contribution in [1.82, 2.24) is 0 Å². The van der Waals surface area contributed by atoms with Crippen LogP contribution >= 0.6 is 0 Å². The van der Waals surface area contributed by atoms with E-state index in [2.05, 4.69) is 0 Å². The molecule has 0 aliphatic carbocycles. The van der Waals surface area contributed by atoms with Crippen molar-refractivity contribution < 1.29 is 9.13 Å². The van der Waals surface area contributed by atoms with E-state index in [4.69, 9.17) is 10.5 Å². The van der Waals surface area contributed by atoms with Gasteiger partial charge < -0.3 is 15.4 Å². The summed E-state index contributed by atoms with van der Waals surface area (Å²) >= 11 is 0. The Hall–Kier alpha value is -2.07. The van der Waals surface area contributed by atoms with E-state index in [1.807, 2.05) is 44.3 Å². The highest BCUT2D eigenvalue weighted by Crippen LogP contribution is 2.33. The van der Waals surface area contributed by atoms with Gasteiger partial charge in [0.2, 0.25) is 0 Å². The minimum absolute atomic E-state index is 0.242. The first-order valence-corrected chi connectivity index (χ1v) is 6.46. The normalized spacial score (nSPS) is 12.1. The Balaban J connectivity index is 2.49. The Kier molecular flexibility index (Phi) is 4.25. The lowest BCUT2D eigenvalue weighted by molar-refractivity contribution is 0.415. The lowest BCUT2D eigenvalue weighted by Crippen LogP contribution is -2.17. The summed E-state index contributed by atoms with van der Waals surface area (Å²) in [5.74, 6) is 0.443. The number of hydrogen-bond donors (Lipinski definition) is 1. The number of nitrogens with zero attached hydrogens (tertiary/aromatic N) is 1. The van der Waals surface area contributed by atoms with E-state index in [-0.39, 0.29) is 11.9 Å². The molecule has 0 heterocycles. The highest BCUT2D eigenvalue weighted by atomic mass is 19.1. The molecule has 4 heteroatoms.